The van der Waals surface area contributed by atoms with Gasteiger partial charge in [-0.3, -0.25) is 0 Å². The maximum absolute atomic E-state index is 8.98. The lowest BCUT2D eigenvalue weighted by molar-refractivity contribution is 0.412. The minimum Gasteiger partial charge on any atom is -0.495 e. The summed E-state index contributed by atoms with van der Waals surface area (Å²) < 4.78 is 5.22. The highest BCUT2D eigenvalue weighted by Gasteiger charge is 2.09. The Morgan fingerprint density at radius 1 is 1.29 bits per heavy atom. The lowest BCUT2D eigenvalue weighted by atomic mass is 10.1. The Bertz CT molecular complexity index is 664. The molecule has 0 aliphatic carbocycles. The van der Waals surface area contributed by atoms with E-state index in [2.05, 4.69) is 18.3 Å². The first-order valence-corrected chi connectivity index (χ1v) is 7.08. The molecule has 0 bridgehead atoms. The summed E-state index contributed by atoms with van der Waals surface area (Å²) in [6.07, 6.45) is 0. The standard InChI is InChI=1S/C17H17ClN2O/c1-12(15-5-3-4-6-16(15)18)20-11-13-7-8-14(10-19)17(9-13)21-2/h3-9,12,20H,11H2,1-2H3. The maximum atomic E-state index is 8.98. The van der Waals surface area contributed by atoms with E-state index >= 15 is 0 Å². The molecule has 2 aromatic carbocycles. The van der Waals surface area contributed by atoms with Gasteiger partial charge in [-0.1, -0.05) is 35.9 Å². The molecule has 108 valence electrons. The van der Waals surface area contributed by atoms with Crippen molar-refractivity contribution in [3.05, 3.63) is 64.2 Å². The summed E-state index contributed by atoms with van der Waals surface area (Å²) in [7, 11) is 1.57. The molecule has 21 heavy (non-hydrogen) atoms. The van der Waals surface area contributed by atoms with Crippen molar-refractivity contribution in [1.29, 1.82) is 5.26 Å². The Morgan fingerprint density at radius 2 is 2.05 bits per heavy atom. The van der Waals surface area contributed by atoms with Gasteiger partial charge in [0.2, 0.25) is 0 Å². The first kappa shape index (κ1) is 15.4. The number of nitrogens with zero attached hydrogens (tertiary/aromatic N) is 1. The molecule has 0 saturated carbocycles. The lowest BCUT2D eigenvalue weighted by Gasteiger charge is -2.16. The SMILES string of the molecule is COc1cc(CNC(C)c2ccccc2Cl)ccc1C#N. The molecule has 0 aliphatic rings. The van der Waals surface area contributed by atoms with Gasteiger partial charge >= 0.3 is 0 Å². The molecule has 1 N–H and O–H groups in total. The molecule has 0 saturated heterocycles. The Balaban J connectivity index is 2.07. The van der Waals surface area contributed by atoms with Crippen LogP contribution in [0, 0.1) is 11.3 Å². The summed E-state index contributed by atoms with van der Waals surface area (Å²) in [5.41, 5.74) is 2.67. The quantitative estimate of drug-likeness (QED) is 0.905. The normalized spacial score (nSPS) is 11.7. The zero-order valence-electron chi connectivity index (χ0n) is 12.1. The minimum absolute atomic E-state index is 0.139. The molecule has 2 rings (SSSR count). The van der Waals surface area contributed by atoms with Crippen molar-refractivity contribution in [3.63, 3.8) is 0 Å². The maximum Gasteiger partial charge on any atom is 0.136 e. The molecule has 0 spiro atoms. The van der Waals surface area contributed by atoms with Crippen molar-refractivity contribution < 1.29 is 4.74 Å². The van der Waals surface area contributed by atoms with Crippen LogP contribution >= 0.6 is 11.6 Å². The fourth-order valence-corrected chi connectivity index (χ4v) is 2.44. The zero-order chi connectivity index (χ0) is 15.2. The van der Waals surface area contributed by atoms with Crippen molar-refractivity contribution >= 4 is 11.6 Å². The van der Waals surface area contributed by atoms with Crippen LogP contribution in [0.1, 0.15) is 29.7 Å². The van der Waals surface area contributed by atoms with Gasteiger partial charge < -0.3 is 10.1 Å². The average molecular weight is 301 g/mol. The van der Waals surface area contributed by atoms with Crippen LogP contribution in [0.15, 0.2) is 42.5 Å². The van der Waals surface area contributed by atoms with Crippen molar-refractivity contribution in [1.82, 2.24) is 5.32 Å². The fourth-order valence-electron chi connectivity index (χ4n) is 2.15. The summed E-state index contributed by atoms with van der Waals surface area (Å²) >= 11 is 6.19. The molecule has 3 nitrogen and oxygen atoms in total. The van der Waals surface area contributed by atoms with E-state index in [-0.39, 0.29) is 6.04 Å². The molecular formula is C17H17ClN2O. The van der Waals surface area contributed by atoms with Gasteiger partial charge in [0.15, 0.2) is 0 Å². The Labute approximate surface area is 130 Å². The number of rotatable bonds is 5. The molecule has 4 heteroatoms. The molecule has 0 radical (unpaired) electrons. The van der Waals surface area contributed by atoms with E-state index in [1.54, 1.807) is 13.2 Å². The van der Waals surface area contributed by atoms with Crippen molar-refractivity contribution in [2.24, 2.45) is 0 Å². The van der Waals surface area contributed by atoms with Gasteiger partial charge in [-0.25, -0.2) is 0 Å². The molecule has 1 atom stereocenters. The molecule has 0 heterocycles. The van der Waals surface area contributed by atoms with E-state index in [4.69, 9.17) is 21.6 Å². The summed E-state index contributed by atoms with van der Waals surface area (Å²) in [6, 6.07) is 15.6. The summed E-state index contributed by atoms with van der Waals surface area (Å²) in [4.78, 5) is 0. The molecule has 0 aromatic heterocycles. The van der Waals surface area contributed by atoms with Gasteiger partial charge in [0.25, 0.3) is 0 Å². The topological polar surface area (TPSA) is 45.0 Å². The number of hydrogen-bond donors (Lipinski definition) is 1. The Hall–Kier alpha value is -2.02. The second-order valence-electron chi connectivity index (χ2n) is 4.77. The van der Waals surface area contributed by atoms with E-state index in [9.17, 15) is 0 Å². The molecule has 0 fully saturated rings. The predicted octanol–water partition coefficient (Wildman–Crippen LogP) is 4.07. The van der Waals surface area contributed by atoms with E-state index in [1.165, 1.54) is 0 Å². The van der Waals surface area contributed by atoms with Crippen LogP contribution in [0.2, 0.25) is 5.02 Å². The number of benzene rings is 2. The number of halogens is 1. The van der Waals surface area contributed by atoms with Crippen LogP contribution < -0.4 is 10.1 Å². The van der Waals surface area contributed by atoms with Crippen molar-refractivity contribution in [3.8, 4) is 11.8 Å². The fraction of sp³-hybridized carbons (Fsp3) is 0.235. The highest BCUT2D eigenvalue weighted by atomic mass is 35.5. The summed E-state index contributed by atoms with van der Waals surface area (Å²) in [5.74, 6) is 0.599. The third-order valence-electron chi connectivity index (χ3n) is 3.37. The molecule has 0 amide bonds. The van der Waals surface area contributed by atoms with Crippen molar-refractivity contribution in [2.45, 2.75) is 19.5 Å². The van der Waals surface area contributed by atoms with E-state index in [1.807, 2.05) is 36.4 Å². The zero-order valence-corrected chi connectivity index (χ0v) is 12.8. The highest BCUT2D eigenvalue weighted by Crippen LogP contribution is 2.23. The van der Waals surface area contributed by atoms with Crippen molar-refractivity contribution in [2.75, 3.05) is 7.11 Å². The van der Waals surface area contributed by atoms with E-state index < -0.39 is 0 Å². The van der Waals surface area contributed by atoms with Gasteiger partial charge in [-0.15, -0.1) is 0 Å². The average Bonchev–Trinajstić information content (AvgIpc) is 2.52. The number of nitrogens with one attached hydrogen (secondary N) is 1. The largest absolute Gasteiger partial charge is 0.495 e. The highest BCUT2D eigenvalue weighted by molar-refractivity contribution is 6.31. The second kappa shape index (κ2) is 7.12. The van der Waals surface area contributed by atoms with Crippen LogP contribution in [0.4, 0.5) is 0 Å². The third-order valence-corrected chi connectivity index (χ3v) is 3.71. The molecule has 0 aliphatic heterocycles. The summed E-state index contributed by atoms with van der Waals surface area (Å²) in [6.45, 7) is 2.75. The van der Waals surface area contributed by atoms with Crippen LogP contribution in [-0.2, 0) is 6.54 Å². The van der Waals surface area contributed by atoms with Crippen LogP contribution in [-0.4, -0.2) is 7.11 Å². The molecule has 2 aromatic rings. The van der Waals surface area contributed by atoms with Crippen LogP contribution in [0.25, 0.3) is 0 Å². The van der Waals surface area contributed by atoms with Gasteiger partial charge in [0.1, 0.15) is 11.8 Å². The summed E-state index contributed by atoms with van der Waals surface area (Å²) in [5, 5.41) is 13.2. The van der Waals surface area contributed by atoms with Crippen LogP contribution in [0.3, 0.4) is 0 Å². The number of methoxy groups -OCH3 is 1. The van der Waals surface area contributed by atoms with Gasteiger partial charge in [0, 0.05) is 17.6 Å². The van der Waals surface area contributed by atoms with E-state index in [0.717, 1.165) is 16.1 Å². The number of ether oxygens (including phenoxy) is 1. The van der Waals surface area contributed by atoms with Crippen LogP contribution in [0.5, 0.6) is 5.75 Å². The Morgan fingerprint density at radius 3 is 2.71 bits per heavy atom. The first-order chi connectivity index (χ1) is 10.2. The van der Waals surface area contributed by atoms with Gasteiger partial charge in [-0.2, -0.15) is 5.26 Å². The number of hydrogen-bond acceptors (Lipinski definition) is 3. The number of nitriles is 1. The van der Waals surface area contributed by atoms with Gasteiger partial charge in [0.05, 0.1) is 12.7 Å². The predicted molar refractivity (Wildman–Crippen MR) is 84.4 cm³/mol. The monoisotopic (exact) mass is 300 g/mol. The van der Waals surface area contributed by atoms with E-state index in [0.29, 0.717) is 17.9 Å². The lowest BCUT2D eigenvalue weighted by Crippen LogP contribution is -2.18. The third kappa shape index (κ3) is 3.75. The smallest absolute Gasteiger partial charge is 0.136 e. The molecule has 1 unspecified atom stereocenters. The first-order valence-electron chi connectivity index (χ1n) is 6.70. The minimum atomic E-state index is 0.139. The second-order valence-corrected chi connectivity index (χ2v) is 5.18. The van der Waals surface area contributed by atoms with Gasteiger partial charge in [-0.05, 0) is 36.2 Å². The Kier molecular flexibility index (Phi) is 5.21. The molecular weight excluding hydrogens is 284 g/mol.